The van der Waals surface area contributed by atoms with Gasteiger partial charge in [-0.3, -0.25) is 0 Å². The first-order valence-electron chi connectivity index (χ1n) is 12.6. The van der Waals surface area contributed by atoms with Gasteiger partial charge in [0.15, 0.2) is 5.15 Å². The van der Waals surface area contributed by atoms with Crippen molar-refractivity contribution >= 4 is 28.7 Å². The molecule has 0 spiro atoms. The first-order valence-corrected chi connectivity index (χ1v) is 12.9. The summed E-state index contributed by atoms with van der Waals surface area (Å²) in [6.07, 6.45) is 5.50. The number of rotatable bonds is 13. The van der Waals surface area contributed by atoms with Crippen LogP contribution in [0.1, 0.15) is 53.4 Å². The molecule has 1 amide bonds. The van der Waals surface area contributed by atoms with Crippen molar-refractivity contribution in [3.63, 3.8) is 0 Å². The van der Waals surface area contributed by atoms with Crippen LogP contribution in [0, 0.1) is 11.3 Å². The average molecular weight is 519 g/mol. The SMILES string of the molecule is C=CCCCC1CC1OC(=O)NC(CNCC(C)Oc1nc2cc(OC)ccc2nc1Cl)C(C)(C)C. The summed E-state index contributed by atoms with van der Waals surface area (Å²) in [7, 11) is 1.60. The van der Waals surface area contributed by atoms with E-state index in [1.165, 1.54) is 0 Å². The number of amides is 1. The van der Waals surface area contributed by atoms with Crippen molar-refractivity contribution in [1.82, 2.24) is 20.6 Å². The molecule has 8 nitrogen and oxygen atoms in total. The van der Waals surface area contributed by atoms with E-state index in [0.29, 0.717) is 35.8 Å². The molecule has 1 aromatic heterocycles. The van der Waals surface area contributed by atoms with Gasteiger partial charge in [0.2, 0.25) is 0 Å². The fourth-order valence-corrected chi connectivity index (χ4v) is 4.12. The van der Waals surface area contributed by atoms with E-state index < -0.39 is 0 Å². The van der Waals surface area contributed by atoms with Crippen molar-refractivity contribution in [2.24, 2.45) is 11.3 Å². The number of unbranched alkanes of at least 4 members (excludes halogenated alkanes) is 1. The van der Waals surface area contributed by atoms with Crippen LogP contribution < -0.4 is 20.1 Å². The van der Waals surface area contributed by atoms with Gasteiger partial charge in [-0.25, -0.2) is 14.8 Å². The number of halogens is 1. The number of nitrogens with one attached hydrogen (secondary N) is 2. The number of nitrogens with zero attached hydrogens (tertiary/aromatic N) is 2. The zero-order chi connectivity index (χ0) is 26.3. The first-order chi connectivity index (χ1) is 17.1. The van der Waals surface area contributed by atoms with E-state index in [1.54, 1.807) is 19.2 Å². The second-order valence-electron chi connectivity index (χ2n) is 10.5. The zero-order valence-electron chi connectivity index (χ0n) is 22.0. The Labute approximate surface area is 219 Å². The molecule has 36 heavy (non-hydrogen) atoms. The molecule has 3 rings (SSSR count). The van der Waals surface area contributed by atoms with Gasteiger partial charge in [-0.15, -0.1) is 6.58 Å². The van der Waals surface area contributed by atoms with Crippen LogP contribution in [0.25, 0.3) is 11.0 Å². The fourth-order valence-electron chi connectivity index (χ4n) is 3.94. The van der Waals surface area contributed by atoms with Crippen LogP contribution in [-0.4, -0.2) is 54.5 Å². The summed E-state index contributed by atoms with van der Waals surface area (Å²) in [5.74, 6) is 1.43. The molecule has 198 valence electrons. The molecule has 1 aliphatic carbocycles. The Bertz CT molecular complexity index is 1040. The lowest BCUT2D eigenvalue weighted by molar-refractivity contribution is 0.118. The second kappa shape index (κ2) is 12.6. The minimum atomic E-state index is -0.356. The predicted molar refractivity (Wildman–Crippen MR) is 143 cm³/mol. The van der Waals surface area contributed by atoms with Gasteiger partial charge in [0, 0.05) is 25.2 Å². The Morgan fingerprint density at radius 3 is 2.75 bits per heavy atom. The summed E-state index contributed by atoms with van der Waals surface area (Å²) in [5, 5.41) is 6.64. The molecule has 0 saturated heterocycles. The van der Waals surface area contributed by atoms with Gasteiger partial charge in [0.05, 0.1) is 18.1 Å². The number of hydrogen-bond acceptors (Lipinski definition) is 7. The third-order valence-electron chi connectivity index (χ3n) is 6.33. The summed E-state index contributed by atoms with van der Waals surface area (Å²) in [6, 6.07) is 5.28. The number of fused-ring (bicyclic) bond motifs is 1. The van der Waals surface area contributed by atoms with E-state index in [-0.39, 0.29) is 40.8 Å². The molecule has 4 unspecified atom stereocenters. The minimum absolute atomic E-state index is 0.0320. The lowest BCUT2D eigenvalue weighted by atomic mass is 9.86. The van der Waals surface area contributed by atoms with Gasteiger partial charge in [-0.2, -0.15) is 0 Å². The molecule has 0 aliphatic heterocycles. The number of alkyl carbamates (subject to hydrolysis) is 1. The van der Waals surface area contributed by atoms with Crippen molar-refractivity contribution < 1.29 is 19.0 Å². The van der Waals surface area contributed by atoms with Gasteiger partial charge in [0.25, 0.3) is 5.88 Å². The lowest BCUT2D eigenvalue weighted by Crippen LogP contribution is -2.51. The molecule has 1 aliphatic rings. The summed E-state index contributed by atoms with van der Waals surface area (Å²) in [6.45, 7) is 13.0. The molecule has 4 atom stereocenters. The quantitative estimate of drug-likeness (QED) is 0.266. The highest BCUT2D eigenvalue weighted by Crippen LogP contribution is 2.38. The van der Waals surface area contributed by atoms with Crippen LogP contribution in [0.15, 0.2) is 30.9 Å². The molecule has 0 bridgehead atoms. The van der Waals surface area contributed by atoms with Crippen LogP contribution in [0.2, 0.25) is 5.15 Å². The number of carbonyl (C=O) groups excluding carboxylic acids is 1. The Kier molecular flexibility index (Phi) is 9.79. The van der Waals surface area contributed by atoms with Crippen molar-refractivity contribution in [3.8, 4) is 11.6 Å². The molecule has 0 radical (unpaired) electrons. The monoisotopic (exact) mass is 518 g/mol. The van der Waals surface area contributed by atoms with E-state index in [0.717, 1.165) is 25.7 Å². The third kappa shape index (κ3) is 8.23. The number of methoxy groups -OCH3 is 1. The maximum Gasteiger partial charge on any atom is 0.407 e. The number of ether oxygens (including phenoxy) is 3. The molecule has 2 N–H and O–H groups in total. The topological polar surface area (TPSA) is 94.6 Å². The van der Waals surface area contributed by atoms with E-state index in [2.05, 4.69) is 48.0 Å². The number of hydrogen-bond donors (Lipinski definition) is 2. The molecule has 1 aromatic carbocycles. The molecular weight excluding hydrogens is 480 g/mol. The van der Waals surface area contributed by atoms with Crippen molar-refractivity contribution in [2.75, 3.05) is 20.2 Å². The molecule has 1 fully saturated rings. The summed E-state index contributed by atoms with van der Waals surface area (Å²) >= 11 is 6.30. The Balaban J connectivity index is 1.47. The van der Waals surface area contributed by atoms with E-state index >= 15 is 0 Å². The van der Waals surface area contributed by atoms with Gasteiger partial charge in [-0.1, -0.05) is 38.4 Å². The van der Waals surface area contributed by atoms with Crippen LogP contribution in [-0.2, 0) is 4.74 Å². The second-order valence-corrected chi connectivity index (χ2v) is 10.8. The van der Waals surface area contributed by atoms with Crippen LogP contribution >= 0.6 is 11.6 Å². The summed E-state index contributed by atoms with van der Waals surface area (Å²) in [4.78, 5) is 21.4. The standard InChI is InChI=1S/C27H39ClN4O4/c1-7-8-9-10-18-13-22(18)36-26(33)32-23(27(3,4)5)16-29-15-17(2)35-25-24(28)30-20-12-11-19(34-6)14-21(20)31-25/h7,11-12,14,17-18,22-23,29H,1,8-10,13,15-16H2,2-6H3,(H,32,33). The number of benzene rings is 1. The van der Waals surface area contributed by atoms with Crippen LogP contribution in [0.3, 0.4) is 0 Å². The molecular formula is C27H39ClN4O4. The van der Waals surface area contributed by atoms with Crippen molar-refractivity contribution in [2.45, 2.75) is 71.6 Å². The first kappa shape index (κ1) is 28.0. The summed E-state index contributed by atoms with van der Waals surface area (Å²) in [5.41, 5.74) is 1.15. The zero-order valence-corrected chi connectivity index (χ0v) is 22.7. The smallest absolute Gasteiger partial charge is 0.407 e. The van der Waals surface area contributed by atoms with Crippen LogP contribution in [0.5, 0.6) is 11.6 Å². The van der Waals surface area contributed by atoms with Gasteiger partial charge in [0.1, 0.15) is 18.0 Å². The van der Waals surface area contributed by atoms with Gasteiger partial charge in [-0.05, 0) is 56.1 Å². The number of carbonyl (C=O) groups is 1. The number of allylic oxidation sites excluding steroid dienone is 1. The third-order valence-corrected chi connectivity index (χ3v) is 6.58. The normalized spacial score (nSPS) is 18.8. The minimum Gasteiger partial charge on any atom is -0.497 e. The largest absolute Gasteiger partial charge is 0.497 e. The highest BCUT2D eigenvalue weighted by molar-refractivity contribution is 6.31. The fraction of sp³-hybridized carbons (Fsp3) is 0.593. The maximum atomic E-state index is 12.5. The molecule has 2 aromatic rings. The van der Waals surface area contributed by atoms with Crippen LogP contribution in [0.4, 0.5) is 4.79 Å². The van der Waals surface area contributed by atoms with E-state index in [9.17, 15) is 4.79 Å². The lowest BCUT2D eigenvalue weighted by Gasteiger charge is -2.31. The van der Waals surface area contributed by atoms with Crippen molar-refractivity contribution in [3.05, 3.63) is 36.0 Å². The van der Waals surface area contributed by atoms with Gasteiger partial charge < -0.3 is 24.8 Å². The molecule has 1 heterocycles. The predicted octanol–water partition coefficient (Wildman–Crippen LogP) is 5.53. The van der Waals surface area contributed by atoms with E-state index in [1.807, 2.05) is 19.1 Å². The van der Waals surface area contributed by atoms with Crippen molar-refractivity contribution in [1.29, 1.82) is 0 Å². The maximum absolute atomic E-state index is 12.5. The Hall–Kier alpha value is -2.58. The van der Waals surface area contributed by atoms with Gasteiger partial charge >= 0.3 is 6.09 Å². The highest BCUT2D eigenvalue weighted by Gasteiger charge is 2.40. The Morgan fingerprint density at radius 2 is 2.06 bits per heavy atom. The summed E-state index contributed by atoms with van der Waals surface area (Å²) < 4.78 is 16.9. The average Bonchev–Trinajstić information content (AvgIpc) is 3.55. The molecule has 9 heteroatoms. The highest BCUT2D eigenvalue weighted by atomic mass is 35.5. The Morgan fingerprint density at radius 1 is 1.28 bits per heavy atom. The van der Waals surface area contributed by atoms with E-state index in [4.69, 9.17) is 25.8 Å². The molecule has 1 saturated carbocycles. The number of aromatic nitrogens is 2.